The van der Waals surface area contributed by atoms with E-state index in [1.54, 1.807) is 35.9 Å². The fraction of sp³-hybridized carbons (Fsp3) is 0.167. The second-order valence-corrected chi connectivity index (χ2v) is 5.52. The molecule has 3 rings (SSSR count). The molecule has 1 aromatic heterocycles. The molecule has 0 amide bonds. The van der Waals surface area contributed by atoms with Gasteiger partial charge in [0.2, 0.25) is 5.89 Å². The lowest BCUT2D eigenvalue weighted by Crippen LogP contribution is -2.10. The number of rotatable bonds is 6. The van der Waals surface area contributed by atoms with Gasteiger partial charge in [-0.25, -0.2) is 9.48 Å². The Balaban J connectivity index is 1.67. The molecule has 1 heterocycles. The van der Waals surface area contributed by atoms with Crippen molar-refractivity contribution < 1.29 is 13.9 Å². The Morgan fingerprint density at radius 2 is 1.92 bits per heavy atom. The maximum absolute atomic E-state index is 11.6. The number of carbonyl (C=O) groups is 1. The predicted molar refractivity (Wildman–Crippen MR) is 96.8 cm³/mol. The van der Waals surface area contributed by atoms with Crippen LogP contribution in [0.1, 0.15) is 17.3 Å². The SMILES string of the molecule is CCOC(=O)c1ccc(NCn2nc(-c3ccccc3)oc2=S)cc1. The van der Waals surface area contributed by atoms with E-state index in [0.29, 0.717) is 24.7 Å². The van der Waals surface area contributed by atoms with Gasteiger partial charge in [0.1, 0.15) is 6.67 Å². The molecule has 0 aliphatic rings. The van der Waals surface area contributed by atoms with E-state index in [1.165, 1.54) is 0 Å². The molecule has 0 saturated carbocycles. The first-order chi connectivity index (χ1) is 12.2. The topological polar surface area (TPSA) is 69.3 Å². The van der Waals surface area contributed by atoms with Crippen molar-refractivity contribution in [3.8, 4) is 11.5 Å². The van der Waals surface area contributed by atoms with Gasteiger partial charge < -0.3 is 14.5 Å². The van der Waals surface area contributed by atoms with Gasteiger partial charge in [-0.3, -0.25) is 0 Å². The van der Waals surface area contributed by atoms with Crippen LogP contribution in [0, 0.1) is 4.84 Å². The number of ether oxygens (including phenoxy) is 1. The van der Waals surface area contributed by atoms with Crippen molar-refractivity contribution in [2.45, 2.75) is 13.6 Å². The number of anilines is 1. The smallest absolute Gasteiger partial charge is 0.338 e. The second-order valence-electron chi connectivity index (χ2n) is 5.17. The van der Waals surface area contributed by atoms with E-state index in [0.717, 1.165) is 11.3 Å². The number of nitrogens with one attached hydrogen (secondary N) is 1. The summed E-state index contributed by atoms with van der Waals surface area (Å²) in [6.07, 6.45) is 0. The molecule has 0 radical (unpaired) electrons. The van der Waals surface area contributed by atoms with Crippen molar-refractivity contribution in [2.24, 2.45) is 0 Å². The van der Waals surface area contributed by atoms with Gasteiger partial charge in [0.05, 0.1) is 12.2 Å². The summed E-state index contributed by atoms with van der Waals surface area (Å²) in [7, 11) is 0. The zero-order valence-electron chi connectivity index (χ0n) is 13.6. The van der Waals surface area contributed by atoms with Crippen LogP contribution < -0.4 is 5.32 Å². The first-order valence-corrected chi connectivity index (χ1v) is 8.22. The van der Waals surface area contributed by atoms with E-state index in [-0.39, 0.29) is 10.8 Å². The Labute approximate surface area is 150 Å². The van der Waals surface area contributed by atoms with Crippen LogP contribution in [-0.4, -0.2) is 22.4 Å². The van der Waals surface area contributed by atoms with Crippen LogP contribution in [-0.2, 0) is 11.4 Å². The van der Waals surface area contributed by atoms with Crippen LogP contribution >= 0.6 is 12.2 Å². The van der Waals surface area contributed by atoms with Crippen molar-refractivity contribution in [3.05, 3.63) is 65.0 Å². The van der Waals surface area contributed by atoms with Crippen LogP contribution in [0.15, 0.2) is 59.0 Å². The van der Waals surface area contributed by atoms with E-state index in [1.807, 2.05) is 30.3 Å². The molecule has 0 saturated heterocycles. The number of hydrogen-bond acceptors (Lipinski definition) is 6. The number of nitrogens with zero attached hydrogens (tertiary/aromatic N) is 2. The van der Waals surface area contributed by atoms with Gasteiger partial charge in [0.15, 0.2) is 0 Å². The van der Waals surface area contributed by atoms with E-state index in [9.17, 15) is 4.79 Å². The fourth-order valence-corrected chi connectivity index (χ4v) is 2.39. The minimum Gasteiger partial charge on any atom is -0.462 e. The average Bonchev–Trinajstić information content (AvgIpc) is 3.02. The number of aromatic nitrogens is 2. The molecular formula is C18H17N3O3S. The Kier molecular flexibility index (Phi) is 5.25. The minimum absolute atomic E-state index is 0.287. The number of hydrogen-bond donors (Lipinski definition) is 1. The lowest BCUT2D eigenvalue weighted by atomic mass is 10.2. The van der Waals surface area contributed by atoms with E-state index in [4.69, 9.17) is 21.4 Å². The van der Waals surface area contributed by atoms with Crippen LogP contribution in [0.2, 0.25) is 0 Å². The van der Waals surface area contributed by atoms with Gasteiger partial charge in [-0.05, 0) is 55.5 Å². The van der Waals surface area contributed by atoms with E-state index in [2.05, 4.69) is 10.4 Å². The molecule has 0 bridgehead atoms. The summed E-state index contributed by atoms with van der Waals surface area (Å²) in [5, 5.41) is 7.56. The molecule has 128 valence electrons. The molecule has 0 atom stereocenters. The Bertz CT molecular complexity index is 901. The third-order valence-corrected chi connectivity index (χ3v) is 3.75. The predicted octanol–water partition coefficient (Wildman–Crippen LogP) is 4.12. The van der Waals surface area contributed by atoms with Crippen LogP contribution in [0.3, 0.4) is 0 Å². The minimum atomic E-state index is -0.333. The number of esters is 1. The molecule has 6 nitrogen and oxygen atoms in total. The molecule has 7 heteroatoms. The maximum Gasteiger partial charge on any atom is 0.338 e. The van der Waals surface area contributed by atoms with Crippen LogP contribution in [0.25, 0.3) is 11.5 Å². The summed E-state index contributed by atoms with van der Waals surface area (Å²) in [6, 6.07) is 16.6. The van der Waals surface area contributed by atoms with Crippen molar-refractivity contribution in [1.29, 1.82) is 0 Å². The monoisotopic (exact) mass is 355 g/mol. The molecule has 3 aromatic rings. The quantitative estimate of drug-likeness (QED) is 0.530. The highest BCUT2D eigenvalue weighted by atomic mass is 32.1. The Morgan fingerprint density at radius 3 is 2.60 bits per heavy atom. The first kappa shape index (κ1) is 16.9. The van der Waals surface area contributed by atoms with Crippen molar-refractivity contribution in [2.75, 3.05) is 11.9 Å². The third-order valence-electron chi connectivity index (χ3n) is 3.46. The van der Waals surface area contributed by atoms with Crippen molar-refractivity contribution >= 4 is 23.9 Å². The second kappa shape index (κ2) is 7.76. The zero-order chi connectivity index (χ0) is 17.6. The normalized spacial score (nSPS) is 10.4. The molecule has 25 heavy (non-hydrogen) atoms. The van der Waals surface area contributed by atoms with Crippen molar-refractivity contribution in [1.82, 2.24) is 9.78 Å². The average molecular weight is 355 g/mol. The molecule has 0 unspecified atom stereocenters. The summed E-state index contributed by atoms with van der Waals surface area (Å²) in [5.41, 5.74) is 2.21. The summed E-state index contributed by atoms with van der Waals surface area (Å²) >= 11 is 5.20. The highest BCUT2D eigenvalue weighted by molar-refractivity contribution is 7.71. The summed E-state index contributed by atoms with van der Waals surface area (Å²) in [5.74, 6) is 0.144. The molecule has 0 aliphatic carbocycles. The number of benzene rings is 2. The zero-order valence-corrected chi connectivity index (χ0v) is 14.5. The third kappa shape index (κ3) is 4.13. The highest BCUT2D eigenvalue weighted by Crippen LogP contribution is 2.17. The maximum atomic E-state index is 11.6. The summed E-state index contributed by atoms with van der Waals surface area (Å²) in [6.45, 7) is 2.49. The van der Waals surface area contributed by atoms with Gasteiger partial charge in [-0.15, -0.1) is 5.10 Å². The Hall–Kier alpha value is -2.93. The molecular weight excluding hydrogens is 338 g/mol. The number of carbonyl (C=O) groups excluding carboxylic acids is 1. The van der Waals surface area contributed by atoms with Gasteiger partial charge in [0.25, 0.3) is 4.84 Å². The highest BCUT2D eigenvalue weighted by Gasteiger charge is 2.08. The first-order valence-electron chi connectivity index (χ1n) is 7.82. The summed E-state index contributed by atoms with van der Waals surface area (Å²) in [4.78, 5) is 11.9. The van der Waals surface area contributed by atoms with Gasteiger partial charge in [0, 0.05) is 11.3 Å². The molecule has 0 aliphatic heterocycles. The molecule has 1 N–H and O–H groups in total. The standard InChI is InChI=1S/C18H17N3O3S/c1-2-23-17(22)14-8-10-15(11-9-14)19-12-21-18(25)24-16(20-21)13-6-4-3-5-7-13/h3-11,19H,2,12H2,1H3. The largest absolute Gasteiger partial charge is 0.462 e. The lowest BCUT2D eigenvalue weighted by Gasteiger charge is -2.07. The van der Waals surface area contributed by atoms with Gasteiger partial charge in [-0.2, -0.15) is 0 Å². The molecule has 0 spiro atoms. The van der Waals surface area contributed by atoms with E-state index < -0.39 is 0 Å². The lowest BCUT2D eigenvalue weighted by molar-refractivity contribution is 0.0526. The Morgan fingerprint density at radius 1 is 1.20 bits per heavy atom. The van der Waals surface area contributed by atoms with E-state index >= 15 is 0 Å². The van der Waals surface area contributed by atoms with Gasteiger partial charge >= 0.3 is 5.97 Å². The van der Waals surface area contributed by atoms with Crippen LogP contribution in [0.5, 0.6) is 0 Å². The van der Waals surface area contributed by atoms with Crippen molar-refractivity contribution in [3.63, 3.8) is 0 Å². The molecule has 2 aromatic carbocycles. The van der Waals surface area contributed by atoms with Crippen LogP contribution in [0.4, 0.5) is 5.69 Å². The summed E-state index contributed by atoms with van der Waals surface area (Å²) < 4.78 is 12.1. The molecule has 0 fully saturated rings. The fourth-order valence-electron chi connectivity index (χ4n) is 2.21. The van der Waals surface area contributed by atoms with Gasteiger partial charge in [-0.1, -0.05) is 18.2 Å².